The molecular weight excluding hydrogens is 435 g/mol. The predicted molar refractivity (Wildman–Crippen MR) is 123 cm³/mol. The fourth-order valence-electron chi connectivity index (χ4n) is 3.60. The first-order chi connectivity index (χ1) is 14.8. The fourth-order valence-corrected chi connectivity index (χ4v) is 3.92. The number of anilines is 1. The second-order valence-corrected chi connectivity index (χ2v) is 8.04. The van der Waals surface area contributed by atoms with Gasteiger partial charge in [0.25, 0.3) is 11.7 Å². The van der Waals surface area contributed by atoms with Gasteiger partial charge in [0, 0.05) is 38.9 Å². The van der Waals surface area contributed by atoms with E-state index >= 15 is 0 Å². The molecule has 0 spiro atoms. The normalized spacial score (nSPS) is 10.9. The fraction of sp³-hybridized carbons (Fsp3) is 0.0833. The first-order valence-electron chi connectivity index (χ1n) is 9.51. The third kappa shape index (κ3) is 4.29. The number of nitrogens with zero attached hydrogens (tertiary/aromatic N) is 1. The number of phenolic OH excluding ortho intramolecular Hbond substituents is 1. The Morgan fingerprint density at radius 3 is 2.42 bits per heavy atom. The molecule has 7 heteroatoms. The third-order valence-corrected chi connectivity index (χ3v) is 5.56. The van der Waals surface area contributed by atoms with Crippen LogP contribution < -0.4 is 5.32 Å². The van der Waals surface area contributed by atoms with Crippen LogP contribution in [0.5, 0.6) is 5.75 Å². The third-order valence-electron chi connectivity index (χ3n) is 5.08. The van der Waals surface area contributed by atoms with Crippen molar-refractivity contribution < 1.29 is 14.7 Å². The lowest BCUT2D eigenvalue weighted by Crippen LogP contribution is -2.23. The van der Waals surface area contributed by atoms with E-state index in [1.165, 1.54) is 6.07 Å². The molecule has 0 aliphatic carbocycles. The number of hydrogen-bond donors (Lipinski definition) is 2. The van der Waals surface area contributed by atoms with Crippen LogP contribution in [-0.2, 0) is 11.3 Å². The van der Waals surface area contributed by atoms with E-state index < -0.39 is 11.7 Å². The lowest BCUT2D eigenvalue weighted by molar-refractivity contribution is -0.112. The van der Waals surface area contributed by atoms with Gasteiger partial charge in [0.1, 0.15) is 5.75 Å². The van der Waals surface area contributed by atoms with Crippen LogP contribution in [0, 0.1) is 6.92 Å². The highest BCUT2D eigenvalue weighted by atomic mass is 35.5. The van der Waals surface area contributed by atoms with E-state index in [9.17, 15) is 14.7 Å². The largest absolute Gasteiger partial charge is 0.508 e. The molecule has 0 aliphatic rings. The van der Waals surface area contributed by atoms with Crippen molar-refractivity contribution in [3.8, 4) is 5.75 Å². The molecule has 3 aromatic carbocycles. The molecule has 0 saturated heterocycles. The van der Waals surface area contributed by atoms with Crippen molar-refractivity contribution in [2.75, 3.05) is 5.32 Å². The van der Waals surface area contributed by atoms with Gasteiger partial charge in [-0.3, -0.25) is 9.59 Å². The number of Topliss-reactive ketones (excluding diaryl/α,β-unsaturated/α-hetero) is 1. The van der Waals surface area contributed by atoms with Crippen LogP contribution in [-0.4, -0.2) is 21.4 Å². The van der Waals surface area contributed by atoms with Gasteiger partial charge in [-0.15, -0.1) is 0 Å². The van der Waals surface area contributed by atoms with Gasteiger partial charge in [-0.2, -0.15) is 0 Å². The van der Waals surface area contributed by atoms with Crippen LogP contribution in [0.4, 0.5) is 5.69 Å². The zero-order valence-electron chi connectivity index (χ0n) is 16.5. The summed E-state index contributed by atoms with van der Waals surface area (Å²) < 4.78 is 1.94. The van der Waals surface area contributed by atoms with Gasteiger partial charge >= 0.3 is 0 Å². The molecule has 4 aromatic rings. The van der Waals surface area contributed by atoms with Gasteiger partial charge in [-0.1, -0.05) is 41.4 Å². The Labute approximate surface area is 188 Å². The zero-order chi connectivity index (χ0) is 22.1. The molecule has 0 bridgehead atoms. The van der Waals surface area contributed by atoms with E-state index in [0.717, 1.165) is 11.1 Å². The van der Waals surface area contributed by atoms with E-state index in [1.54, 1.807) is 55.5 Å². The lowest BCUT2D eigenvalue weighted by atomic mass is 10.1. The number of amides is 1. The summed E-state index contributed by atoms with van der Waals surface area (Å²) in [4.78, 5) is 25.9. The van der Waals surface area contributed by atoms with Crippen molar-refractivity contribution in [1.29, 1.82) is 0 Å². The smallest absolute Gasteiger partial charge is 0.296 e. The van der Waals surface area contributed by atoms with Gasteiger partial charge in [0.2, 0.25) is 0 Å². The summed E-state index contributed by atoms with van der Waals surface area (Å²) in [5.74, 6) is -1.46. The molecule has 0 saturated carbocycles. The molecule has 0 radical (unpaired) electrons. The average molecular weight is 453 g/mol. The van der Waals surface area contributed by atoms with Crippen molar-refractivity contribution in [2.45, 2.75) is 13.5 Å². The maximum atomic E-state index is 13.1. The summed E-state index contributed by atoms with van der Waals surface area (Å²) in [6, 6.07) is 18.8. The minimum Gasteiger partial charge on any atom is -0.508 e. The average Bonchev–Trinajstić information content (AvgIpc) is 2.99. The number of nitrogens with one attached hydrogen (secondary N) is 1. The van der Waals surface area contributed by atoms with Gasteiger partial charge in [-0.05, 0) is 61.0 Å². The number of halogens is 2. The SMILES string of the molecule is Cc1c(C(=O)C(=O)Nc2cccc(Cl)c2)c2cc(O)ccc2n1Cc1ccc(Cl)cc1. The minimum absolute atomic E-state index is 0.0143. The van der Waals surface area contributed by atoms with Crippen molar-refractivity contribution in [2.24, 2.45) is 0 Å². The van der Waals surface area contributed by atoms with E-state index in [-0.39, 0.29) is 11.3 Å². The Balaban J connectivity index is 1.75. The van der Waals surface area contributed by atoms with Crippen LogP contribution in [0.1, 0.15) is 21.6 Å². The standard InChI is InChI=1S/C24H18Cl2N2O3/c1-14-22(23(30)24(31)27-18-4-2-3-17(26)11-18)20-12-19(29)9-10-21(20)28(14)13-15-5-7-16(25)8-6-15/h2-12,29H,13H2,1H3,(H,27,31). The van der Waals surface area contributed by atoms with Crippen molar-refractivity contribution >= 4 is 51.5 Å². The number of phenols is 1. The number of aromatic nitrogens is 1. The number of carbonyl (C=O) groups is 2. The Morgan fingerprint density at radius 2 is 1.71 bits per heavy atom. The summed E-state index contributed by atoms with van der Waals surface area (Å²) in [7, 11) is 0. The highest BCUT2D eigenvalue weighted by molar-refractivity contribution is 6.48. The highest BCUT2D eigenvalue weighted by Crippen LogP contribution is 2.30. The van der Waals surface area contributed by atoms with E-state index in [4.69, 9.17) is 23.2 Å². The van der Waals surface area contributed by atoms with Crippen LogP contribution in [0.2, 0.25) is 10.0 Å². The van der Waals surface area contributed by atoms with Gasteiger partial charge < -0.3 is 15.0 Å². The number of aromatic hydroxyl groups is 1. The summed E-state index contributed by atoms with van der Waals surface area (Å²) in [6.45, 7) is 2.26. The number of hydrogen-bond acceptors (Lipinski definition) is 3. The van der Waals surface area contributed by atoms with Crippen LogP contribution in [0.25, 0.3) is 10.9 Å². The molecule has 1 heterocycles. The monoisotopic (exact) mass is 452 g/mol. The summed E-state index contributed by atoms with van der Waals surface area (Å²) in [6.07, 6.45) is 0. The number of ketones is 1. The number of fused-ring (bicyclic) bond motifs is 1. The molecule has 1 amide bonds. The molecule has 0 aliphatic heterocycles. The number of carbonyl (C=O) groups excluding carboxylic acids is 2. The van der Waals surface area contributed by atoms with Gasteiger partial charge in [-0.25, -0.2) is 0 Å². The molecule has 4 rings (SSSR count). The first kappa shape index (κ1) is 21.0. The summed E-state index contributed by atoms with van der Waals surface area (Å²) in [5.41, 5.74) is 3.03. The Morgan fingerprint density at radius 1 is 0.968 bits per heavy atom. The topological polar surface area (TPSA) is 71.3 Å². The van der Waals surface area contributed by atoms with Crippen molar-refractivity contribution in [3.05, 3.63) is 93.6 Å². The Hall–Kier alpha value is -3.28. The molecule has 1 aromatic heterocycles. The van der Waals surface area contributed by atoms with E-state index in [1.807, 2.05) is 16.7 Å². The number of rotatable bonds is 5. The minimum atomic E-state index is -0.778. The predicted octanol–water partition coefficient (Wildman–Crippen LogP) is 5.83. The van der Waals surface area contributed by atoms with Crippen LogP contribution >= 0.6 is 23.2 Å². The number of benzene rings is 3. The lowest BCUT2D eigenvalue weighted by Gasteiger charge is -2.09. The van der Waals surface area contributed by atoms with Gasteiger partial charge in [0.05, 0.1) is 5.56 Å². The molecule has 156 valence electrons. The molecule has 0 unspecified atom stereocenters. The molecule has 5 nitrogen and oxygen atoms in total. The molecule has 31 heavy (non-hydrogen) atoms. The first-order valence-corrected chi connectivity index (χ1v) is 10.3. The van der Waals surface area contributed by atoms with E-state index in [2.05, 4.69) is 5.32 Å². The van der Waals surface area contributed by atoms with Crippen molar-refractivity contribution in [3.63, 3.8) is 0 Å². The maximum absolute atomic E-state index is 13.1. The van der Waals surface area contributed by atoms with Gasteiger partial charge in [0.15, 0.2) is 0 Å². The molecule has 0 atom stereocenters. The molecule has 0 fully saturated rings. The van der Waals surface area contributed by atoms with E-state index in [0.29, 0.717) is 33.4 Å². The molecular formula is C24H18Cl2N2O3. The Kier molecular flexibility index (Phi) is 5.72. The van der Waals surface area contributed by atoms with Crippen LogP contribution in [0.3, 0.4) is 0 Å². The van der Waals surface area contributed by atoms with Crippen molar-refractivity contribution in [1.82, 2.24) is 4.57 Å². The Bertz CT molecular complexity index is 1310. The highest BCUT2D eigenvalue weighted by Gasteiger charge is 2.25. The van der Waals surface area contributed by atoms with Crippen LogP contribution in [0.15, 0.2) is 66.7 Å². The molecule has 2 N–H and O–H groups in total. The maximum Gasteiger partial charge on any atom is 0.296 e. The summed E-state index contributed by atoms with van der Waals surface area (Å²) in [5, 5.41) is 14.2. The second kappa shape index (κ2) is 8.46. The zero-order valence-corrected chi connectivity index (χ0v) is 18.0. The summed E-state index contributed by atoms with van der Waals surface area (Å²) >= 11 is 11.9. The second-order valence-electron chi connectivity index (χ2n) is 7.17. The quantitative estimate of drug-likeness (QED) is 0.295.